The van der Waals surface area contributed by atoms with Crippen molar-refractivity contribution in [3.63, 3.8) is 0 Å². The predicted molar refractivity (Wildman–Crippen MR) is 123 cm³/mol. The molecule has 2 heteroatoms. The summed E-state index contributed by atoms with van der Waals surface area (Å²) in [7, 11) is 0. The van der Waals surface area contributed by atoms with Crippen molar-refractivity contribution in [2.75, 3.05) is 0 Å². The van der Waals surface area contributed by atoms with Crippen LogP contribution in [0.15, 0.2) is 11.6 Å². The molecule has 0 radical (unpaired) electrons. The molecule has 2 nitrogen and oxygen atoms in total. The number of hydrogen-bond donors (Lipinski definition) is 0. The van der Waals surface area contributed by atoms with Crippen molar-refractivity contribution in [2.45, 2.75) is 98.8 Å². The molecule has 4 aliphatic carbocycles. The van der Waals surface area contributed by atoms with Gasteiger partial charge in [0.05, 0.1) is 5.92 Å². The molecule has 168 valence electrons. The summed E-state index contributed by atoms with van der Waals surface area (Å²) in [6, 6.07) is 0. The van der Waals surface area contributed by atoms with Crippen LogP contribution in [0.25, 0.3) is 0 Å². The zero-order valence-electron chi connectivity index (χ0n) is 20.1. The van der Waals surface area contributed by atoms with Gasteiger partial charge in [-0.05, 0) is 97.4 Å². The molecule has 0 saturated heterocycles. The third kappa shape index (κ3) is 3.55. The molecule has 0 aliphatic heterocycles. The lowest BCUT2D eigenvalue weighted by atomic mass is 9.46. The Morgan fingerprint density at radius 3 is 2.53 bits per heavy atom. The minimum absolute atomic E-state index is 0.0627. The third-order valence-corrected chi connectivity index (χ3v) is 10.4. The molecule has 0 bridgehead atoms. The zero-order valence-corrected chi connectivity index (χ0v) is 20.1. The molecule has 0 amide bonds. The van der Waals surface area contributed by atoms with Crippen LogP contribution in [0.5, 0.6) is 0 Å². The van der Waals surface area contributed by atoms with Gasteiger partial charge in [-0.25, -0.2) is 0 Å². The number of carbonyl (C=O) groups excluding carboxylic acids is 2. The van der Waals surface area contributed by atoms with E-state index in [-0.39, 0.29) is 11.2 Å². The molecule has 0 aromatic heterocycles. The summed E-state index contributed by atoms with van der Waals surface area (Å²) in [4.78, 5) is 23.9. The van der Waals surface area contributed by atoms with E-state index in [0.29, 0.717) is 11.3 Å². The second-order valence-electron chi connectivity index (χ2n) is 12.4. The molecule has 8 atom stereocenters. The fourth-order valence-electron chi connectivity index (χ4n) is 8.82. The Kier molecular flexibility index (Phi) is 6.10. The summed E-state index contributed by atoms with van der Waals surface area (Å²) in [6.07, 6.45) is 15.5. The van der Waals surface area contributed by atoms with Gasteiger partial charge in [-0.15, -0.1) is 0 Å². The quantitative estimate of drug-likeness (QED) is 0.347. The van der Waals surface area contributed by atoms with Gasteiger partial charge in [0.25, 0.3) is 0 Å². The van der Waals surface area contributed by atoms with E-state index in [1.165, 1.54) is 56.9 Å². The van der Waals surface area contributed by atoms with Crippen LogP contribution in [0.2, 0.25) is 0 Å². The molecule has 0 spiro atoms. The maximum absolute atomic E-state index is 12.4. The first-order valence-corrected chi connectivity index (χ1v) is 12.9. The van der Waals surface area contributed by atoms with Crippen molar-refractivity contribution in [1.29, 1.82) is 0 Å². The van der Waals surface area contributed by atoms with Crippen molar-refractivity contribution in [1.82, 2.24) is 0 Å². The van der Waals surface area contributed by atoms with Gasteiger partial charge in [-0.1, -0.05) is 59.5 Å². The van der Waals surface area contributed by atoms with Gasteiger partial charge < -0.3 is 4.79 Å². The minimum Gasteiger partial charge on any atom is -0.303 e. The predicted octanol–water partition coefficient (Wildman–Crippen LogP) is 7.02. The summed E-state index contributed by atoms with van der Waals surface area (Å²) in [5, 5.41) is 0. The van der Waals surface area contributed by atoms with Gasteiger partial charge in [-0.2, -0.15) is 0 Å². The number of ketones is 1. The van der Waals surface area contributed by atoms with E-state index in [1.807, 2.05) is 6.08 Å². The fraction of sp³-hybridized carbons (Fsp3) is 0.857. The highest BCUT2D eigenvalue weighted by Gasteiger charge is 2.60. The lowest BCUT2D eigenvalue weighted by Crippen LogP contribution is -2.52. The van der Waals surface area contributed by atoms with Crippen molar-refractivity contribution >= 4 is 12.1 Å². The van der Waals surface area contributed by atoms with Gasteiger partial charge in [-0.3, -0.25) is 4.79 Å². The van der Waals surface area contributed by atoms with Crippen molar-refractivity contribution in [2.24, 2.45) is 52.3 Å². The molecule has 0 N–H and O–H groups in total. The van der Waals surface area contributed by atoms with Crippen LogP contribution in [0, 0.1) is 52.3 Å². The lowest BCUT2D eigenvalue weighted by molar-refractivity contribution is -0.128. The molecule has 4 rings (SSSR count). The van der Waals surface area contributed by atoms with Crippen LogP contribution in [0.3, 0.4) is 0 Å². The number of allylic oxidation sites excluding steroid dienone is 1. The first-order chi connectivity index (χ1) is 14.2. The molecular formula is C28H44O2. The van der Waals surface area contributed by atoms with Crippen LogP contribution < -0.4 is 0 Å². The van der Waals surface area contributed by atoms with E-state index in [4.69, 9.17) is 0 Å². The molecule has 30 heavy (non-hydrogen) atoms. The Labute approximate surface area is 184 Å². The zero-order chi connectivity index (χ0) is 21.7. The molecular weight excluding hydrogens is 368 g/mol. The second kappa shape index (κ2) is 8.21. The molecule has 0 aromatic rings. The van der Waals surface area contributed by atoms with Crippen LogP contribution >= 0.6 is 0 Å². The SMILES string of the molecule is CC(C)CCC[C@@H](C)[C@H]1CC[C@H]2[C@@H]3CCC4=CC(=O)C(C=O)C[C@]4(C)[C@H]3CC[C@]12C. The molecule has 0 aromatic carbocycles. The standard InChI is InChI=1S/C28H44O2/c1-18(2)7-6-8-19(3)23-11-12-24-22-10-9-21-15-26(30)20(17-29)16-28(21,5)25(22)13-14-27(23,24)4/h15,17-20,22-25H,6-14,16H2,1-5H3/t19-,20?,22+,23-,24+,25+,27-,28+/m1/s1. The summed E-state index contributed by atoms with van der Waals surface area (Å²) < 4.78 is 0. The van der Waals surface area contributed by atoms with E-state index < -0.39 is 5.92 Å². The maximum atomic E-state index is 12.4. The highest BCUT2D eigenvalue weighted by molar-refractivity contribution is 6.02. The highest BCUT2D eigenvalue weighted by Crippen LogP contribution is 2.67. The number of carbonyl (C=O) groups is 2. The van der Waals surface area contributed by atoms with Gasteiger partial charge in [0.1, 0.15) is 6.29 Å². The highest BCUT2D eigenvalue weighted by atomic mass is 16.1. The number of fused-ring (bicyclic) bond motifs is 5. The Bertz CT molecular complexity index is 705. The van der Waals surface area contributed by atoms with Crippen LogP contribution in [0.4, 0.5) is 0 Å². The first kappa shape index (κ1) is 22.3. The van der Waals surface area contributed by atoms with Crippen molar-refractivity contribution in [3.05, 3.63) is 11.6 Å². The number of hydrogen-bond acceptors (Lipinski definition) is 2. The van der Waals surface area contributed by atoms with E-state index in [2.05, 4.69) is 34.6 Å². The monoisotopic (exact) mass is 412 g/mol. The third-order valence-electron chi connectivity index (χ3n) is 10.4. The average molecular weight is 413 g/mol. The molecule has 4 aliphatic rings. The Morgan fingerprint density at radius 1 is 1.07 bits per heavy atom. The van der Waals surface area contributed by atoms with E-state index in [9.17, 15) is 9.59 Å². The largest absolute Gasteiger partial charge is 0.303 e. The van der Waals surface area contributed by atoms with Crippen LogP contribution in [-0.2, 0) is 9.59 Å². The second-order valence-corrected chi connectivity index (χ2v) is 12.4. The Balaban J connectivity index is 1.52. The van der Waals surface area contributed by atoms with Gasteiger partial charge in [0.2, 0.25) is 0 Å². The summed E-state index contributed by atoms with van der Waals surface area (Å²) in [6.45, 7) is 12.3. The topological polar surface area (TPSA) is 34.1 Å². The number of rotatable bonds is 6. The Hall–Kier alpha value is -0.920. The van der Waals surface area contributed by atoms with E-state index in [1.54, 1.807) is 0 Å². The van der Waals surface area contributed by atoms with Crippen LogP contribution in [-0.4, -0.2) is 12.1 Å². The minimum atomic E-state index is -0.400. The summed E-state index contributed by atoms with van der Waals surface area (Å²) in [5.74, 6) is 4.52. The molecule has 1 unspecified atom stereocenters. The Morgan fingerprint density at radius 2 is 1.83 bits per heavy atom. The molecule has 3 saturated carbocycles. The number of aldehydes is 1. The average Bonchev–Trinajstić information content (AvgIpc) is 3.05. The summed E-state index contributed by atoms with van der Waals surface area (Å²) in [5.41, 5.74) is 1.95. The molecule has 3 fully saturated rings. The van der Waals surface area contributed by atoms with Crippen molar-refractivity contribution < 1.29 is 9.59 Å². The fourth-order valence-corrected chi connectivity index (χ4v) is 8.82. The van der Waals surface area contributed by atoms with Gasteiger partial charge in [0, 0.05) is 0 Å². The van der Waals surface area contributed by atoms with Gasteiger partial charge in [0.15, 0.2) is 5.78 Å². The van der Waals surface area contributed by atoms with Gasteiger partial charge >= 0.3 is 0 Å². The lowest BCUT2D eigenvalue weighted by Gasteiger charge is -2.59. The van der Waals surface area contributed by atoms with Crippen molar-refractivity contribution in [3.8, 4) is 0 Å². The van der Waals surface area contributed by atoms with E-state index in [0.717, 1.165) is 48.7 Å². The molecule has 0 heterocycles. The van der Waals surface area contributed by atoms with E-state index >= 15 is 0 Å². The van der Waals surface area contributed by atoms with Crippen LogP contribution in [0.1, 0.15) is 98.8 Å². The normalized spacial score (nSPS) is 44.1. The first-order valence-electron chi connectivity index (χ1n) is 12.9. The summed E-state index contributed by atoms with van der Waals surface area (Å²) >= 11 is 0. The smallest absolute Gasteiger partial charge is 0.165 e. The maximum Gasteiger partial charge on any atom is 0.165 e.